The van der Waals surface area contributed by atoms with E-state index in [4.69, 9.17) is 4.74 Å². The molecule has 4 N–H and O–H groups in total. The second-order valence-corrected chi connectivity index (χ2v) is 14.9. The van der Waals surface area contributed by atoms with Gasteiger partial charge in [-0.2, -0.15) is 0 Å². The number of phenols is 1. The monoisotopic (exact) mass is 563 g/mol. The summed E-state index contributed by atoms with van der Waals surface area (Å²) in [6.45, 7) is 7.09. The number of aliphatic hydroxyl groups is 2. The number of aromatic hydroxyl groups is 1. The average molecular weight is 564 g/mol. The van der Waals surface area contributed by atoms with Crippen molar-refractivity contribution in [3.05, 3.63) is 24.3 Å². The molecule has 1 aromatic rings. The molecule has 0 aliphatic heterocycles. The van der Waals surface area contributed by atoms with Gasteiger partial charge in [0, 0.05) is 6.07 Å². The smallest absolute Gasteiger partial charge is 0.421 e. The molecule has 0 aromatic heterocycles. The van der Waals surface area contributed by atoms with Gasteiger partial charge in [0.2, 0.25) is 0 Å². The summed E-state index contributed by atoms with van der Waals surface area (Å²) in [7, 11) is -4.14. The Morgan fingerprint density at radius 2 is 1.77 bits per heavy atom. The maximum atomic E-state index is 12.5. The number of hydrogen-bond acceptors (Lipinski definition) is 7. The Kier molecular flexibility index (Phi) is 7.74. The van der Waals surface area contributed by atoms with E-state index in [-0.39, 0.29) is 52.1 Å². The summed E-state index contributed by atoms with van der Waals surface area (Å²) < 4.78 is 32.1. The fourth-order valence-electron chi connectivity index (χ4n) is 9.68. The summed E-state index contributed by atoms with van der Waals surface area (Å²) in [5, 5.41) is 31.8. The van der Waals surface area contributed by atoms with Gasteiger partial charge in [-0.15, -0.1) is 0 Å². The number of sulfonamides is 1. The molecule has 5 rings (SSSR count). The zero-order chi connectivity index (χ0) is 28.2. The first kappa shape index (κ1) is 28.7. The molecule has 0 radical (unpaired) electrons. The number of benzene rings is 1. The molecule has 0 spiro atoms. The molecule has 4 fully saturated rings. The van der Waals surface area contributed by atoms with Crippen LogP contribution in [-0.2, 0) is 14.8 Å². The van der Waals surface area contributed by atoms with Gasteiger partial charge in [0.25, 0.3) is 10.0 Å². The Bertz CT molecular complexity index is 1170. The van der Waals surface area contributed by atoms with Gasteiger partial charge >= 0.3 is 6.09 Å². The van der Waals surface area contributed by atoms with Crippen LogP contribution in [-0.4, -0.2) is 48.6 Å². The van der Waals surface area contributed by atoms with E-state index in [0.29, 0.717) is 30.1 Å². The molecule has 0 saturated heterocycles. The maximum absolute atomic E-state index is 12.5. The van der Waals surface area contributed by atoms with Crippen LogP contribution >= 0.6 is 0 Å². The zero-order valence-electron chi connectivity index (χ0n) is 23.4. The molecule has 10 atom stereocenters. The van der Waals surface area contributed by atoms with Gasteiger partial charge in [-0.3, -0.25) is 0 Å². The van der Waals surface area contributed by atoms with E-state index in [0.717, 1.165) is 57.4 Å². The van der Waals surface area contributed by atoms with Crippen LogP contribution in [0.25, 0.3) is 0 Å². The Morgan fingerprint density at radius 3 is 2.49 bits per heavy atom. The number of fused-ring (bicyclic) bond motifs is 5. The molecular formula is C30H45NO7S. The van der Waals surface area contributed by atoms with Crippen LogP contribution in [0.4, 0.5) is 4.79 Å². The number of carbonyl (C=O) groups excluding carboxylic acids is 1. The molecule has 1 amide bonds. The molecule has 4 aliphatic carbocycles. The summed E-state index contributed by atoms with van der Waals surface area (Å²) in [6, 6.07) is 5.12. The summed E-state index contributed by atoms with van der Waals surface area (Å²) in [5.41, 5.74) is 0.205. The van der Waals surface area contributed by atoms with Crippen molar-refractivity contribution in [3.8, 4) is 5.75 Å². The molecule has 0 heterocycles. The summed E-state index contributed by atoms with van der Waals surface area (Å²) in [4.78, 5) is 12.1. The van der Waals surface area contributed by atoms with Gasteiger partial charge in [0.05, 0.1) is 23.7 Å². The largest absolute Gasteiger partial charge is 0.508 e. The van der Waals surface area contributed by atoms with Crippen molar-refractivity contribution in [2.75, 3.05) is 6.61 Å². The van der Waals surface area contributed by atoms with Crippen LogP contribution in [0.1, 0.15) is 78.6 Å². The Labute approximate surface area is 232 Å². The molecule has 4 aliphatic rings. The highest BCUT2D eigenvalue weighted by atomic mass is 32.2. The summed E-state index contributed by atoms with van der Waals surface area (Å²) >= 11 is 0. The van der Waals surface area contributed by atoms with E-state index < -0.39 is 16.1 Å². The van der Waals surface area contributed by atoms with Crippen LogP contribution in [0.15, 0.2) is 29.2 Å². The molecule has 0 unspecified atom stereocenters. The normalized spacial score (nSPS) is 41.7. The molecule has 1 aromatic carbocycles. The minimum Gasteiger partial charge on any atom is -0.508 e. The van der Waals surface area contributed by atoms with Crippen molar-refractivity contribution in [2.45, 2.75) is 95.7 Å². The van der Waals surface area contributed by atoms with Crippen molar-refractivity contribution in [3.63, 3.8) is 0 Å². The predicted octanol–water partition coefficient (Wildman–Crippen LogP) is 4.82. The summed E-state index contributed by atoms with van der Waals surface area (Å²) in [5.74, 6) is 1.85. The standard InChI is InChI=1S/C30H45NO7S/c1-4-22-25-17-20(33)10-13-30(25,3)24-11-14-29(2)18(8-9-23(29)26(24)27(22)34)12-15-38-28(35)31-39(36,37)21-7-5-6-19(32)16-21/h5-7,16,18,20,22-27,32-34H,4,8-15,17H2,1-3H3,(H,31,35)/t18-,20-,22-,23+,24+,25+,26+,27-,29-,30-/m1/s1. The maximum Gasteiger partial charge on any atom is 0.421 e. The van der Waals surface area contributed by atoms with Crippen molar-refractivity contribution >= 4 is 16.1 Å². The highest BCUT2D eigenvalue weighted by Gasteiger charge is 2.64. The second-order valence-electron chi connectivity index (χ2n) is 13.2. The zero-order valence-corrected chi connectivity index (χ0v) is 24.2. The van der Waals surface area contributed by atoms with E-state index in [1.54, 1.807) is 0 Å². The lowest BCUT2D eigenvalue weighted by Crippen LogP contribution is -2.62. The lowest BCUT2D eigenvalue weighted by atomic mass is 9.41. The van der Waals surface area contributed by atoms with E-state index in [9.17, 15) is 28.5 Å². The quantitative estimate of drug-likeness (QED) is 0.390. The van der Waals surface area contributed by atoms with Crippen molar-refractivity contribution in [1.29, 1.82) is 0 Å². The second kappa shape index (κ2) is 10.5. The minimum atomic E-state index is -4.14. The molecule has 4 saturated carbocycles. The lowest BCUT2D eigenvalue weighted by Gasteiger charge is -2.64. The fourth-order valence-corrected chi connectivity index (χ4v) is 10.6. The third kappa shape index (κ3) is 4.97. The van der Waals surface area contributed by atoms with Crippen molar-refractivity contribution in [2.24, 2.45) is 46.3 Å². The van der Waals surface area contributed by atoms with Crippen molar-refractivity contribution in [1.82, 2.24) is 4.72 Å². The lowest BCUT2D eigenvalue weighted by molar-refractivity contribution is -0.202. The van der Waals surface area contributed by atoms with Crippen LogP contribution in [0.5, 0.6) is 5.75 Å². The van der Waals surface area contributed by atoms with Gasteiger partial charge in [-0.25, -0.2) is 17.9 Å². The van der Waals surface area contributed by atoms with E-state index in [2.05, 4.69) is 20.8 Å². The first-order chi connectivity index (χ1) is 18.4. The molecule has 218 valence electrons. The first-order valence-corrected chi connectivity index (χ1v) is 16.2. The highest BCUT2D eigenvalue weighted by Crippen LogP contribution is 2.69. The van der Waals surface area contributed by atoms with Gasteiger partial charge in [0.1, 0.15) is 5.75 Å². The van der Waals surface area contributed by atoms with Crippen LogP contribution in [0.2, 0.25) is 0 Å². The third-order valence-corrected chi connectivity index (χ3v) is 12.9. The SMILES string of the molecule is CC[C@H]1[C@@H](O)[C@@H]2[C@H](CC[C@]3(C)[C@@H](CCOC(=O)NS(=O)(=O)c4cccc(O)c4)CC[C@@H]23)[C@@]2(C)CC[C@@H](O)C[C@@H]12. The van der Waals surface area contributed by atoms with Crippen LogP contribution in [0, 0.1) is 46.3 Å². The third-order valence-electron chi connectivity index (χ3n) is 11.6. The van der Waals surface area contributed by atoms with Gasteiger partial charge in [-0.1, -0.05) is 33.3 Å². The number of rotatable bonds is 6. The first-order valence-electron chi connectivity index (χ1n) is 14.8. The number of phenolic OH excluding ortho intramolecular Hbond substituents is 1. The minimum absolute atomic E-state index is 0.0469. The van der Waals surface area contributed by atoms with Gasteiger partial charge < -0.3 is 20.1 Å². The van der Waals surface area contributed by atoms with Crippen molar-refractivity contribution < 1.29 is 33.3 Å². The molecule has 39 heavy (non-hydrogen) atoms. The number of ether oxygens (including phenoxy) is 1. The Hall–Kier alpha value is -1.84. The molecule has 0 bridgehead atoms. The average Bonchev–Trinajstić information content (AvgIpc) is 3.21. The Balaban J connectivity index is 1.23. The van der Waals surface area contributed by atoms with Crippen LogP contribution < -0.4 is 4.72 Å². The van der Waals surface area contributed by atoms with Gasteiger partial charge in [-0.05, 0) is 110 Å². The molecular weight excluding hydrogens is 518 g/mol. The Morgan fingerprint density at radius 1 is 1.05 bits per heavy atom. The summed E-state index contributed by atoms with van der Waals surface area (Å²) in [6.07, 6.45) is 6.88. The number of amides is 1. The number of hydrogen-bond donors (Lipinski definition) is 4. The van der Waals surface area contributed by atoms with Gasteiger partial charge in [0.15, 0.2) is 0 Å². The van der Waals surface area contributed by atoms with E-state index in [1.165, 1.54) is 18.2 Å². The molecule has 9 heteroatoms. The topological polar surface area (TPSA) is 133 Å². The molecule has 8 nitrogen and oxygen atoms in total. The highest BCUT2D eigenvalue weighted by molar-refractivity contribution is 7.90. The number of aliphatic hydroxyl groups excluding tert-OH is 2. The van der Waals surface area contributed by atoms with Crippen LogP contribution in [0.3, 0.4) is 0 Å². The van der Waals surface area contributed by atoms with E-state index >= 15 is 0 Å². The number of carbonyl (C=O) groups is 1. The fraction of sp³-hybridized carbons (Fsp3) is 0.767. The van der Waals surface area contributed by atoms with E-state index in [1.807, 2.05) is 4.72 Å². The number of nitrogens with one attached hydrogen (secondary N) is 1. The predicted molar refractivity (Wildman–Crippen MR) is 146 cm³/mol.